The fraction of sp³-hybridized carbons (Fsp3) is 0.538. The molecule has 0 saturated carbocycles. The molecule has 0 aliphatic carbocycles. The zero-order valence-electron chi connectivity index (χ0n) is 10.0. The molecule has 0 radical (unpaired) electrons. The highest BCUT2D eigenvalue weighted by molar-refractivity contribution is 6.17. The van der Waals surface area contributed by atoms with Gasteiger partial charge < -0.3 is 4.90 Å². The molecule has 2 rings (SSSR count). The van der Waals surface area contributed by atoms with Crippen molar-refractivity contribution in [1.29, 1.82) is 0 Å². The van der Waals surface area contributed by atoms with Crippen LogP contribution in [0.25, 0.3) is 0 Å². The van der Waals surface area contributed by atoms with Gasteiger partial charge in [0.25, 0.3) is 5.91 Å². The first kappa shape index (κ1) is 12.4. The molecule has 92 valence electrons. The number of carbonyl (C=O) groups is 1. The van der Waals surface area contributed by atoms with Crippen LogP contribution in [0.4, 0.5) is 0 Å². The first-order chi connectivity index (χ1) is 8.22. The van der Waals surface area contributed by atoms with Crippen molar-refractivity contribution in [2.24, 2.45) is 5.92 Å². The van der Waals surface area contributed by atoms with Crippen LogP contribution < -0.4 is 0 Å². The Morgan fingerprint density at radius 3 is 3.18 bits per heavy atom. The van der Waals surface area contributed by atoms with E-state index in [1.165, 1.54) is 0 Å². The number of hydrogen-bond acceptors (Lipinski definition) is 2. The van der Waals surface area contributed by atoms with Crippen LogP contribution in [-0.2, 0) is 0 Å². The summed E-state index contributed by atoms with van der Waals surface area (Å²) in [6.45, 7) is 3.55. The van der Waals surface area contributed by atoms with Gasteiger partial charge in [-0.05, 0) is 37.8 Å². The summed E-state index contributed by atoms with van der Waals surface area (Å²) >= 11 is 5.74. The maximum atomic E-state index is 12.3. The highest BCUT2D eigenvalue weighted by Gasteiger charge is 2.27. The molecule has 1 atom stereocenters. The van der Waals surface area contributed by atoms with Crippen LogP contribution in [0.15, 0.2) is 18.3 Å². The number of hydrogen-bond donors (Lipinski definition) is 0. The first-order valence-electron chi connectivity index (χ1n) is 5.99. The molecule has 1 aromatic rings. The van der Waals surface area contributed by atoms with Gasteiger partial charge in [0.2, 0.25) is 0 Å². The standard InChI is InChI=1S/C13H17ClN2O/c1-10-12(3-2-7-15-10)13(17)16-8-5-11(9-16)4-6-14/h2-3,7,11H,4-6,8-9H2,1H3. The van der Waals surface area contributed by atoms with Gasteiger partial charge in [0, 0.05) is 30.9 Å². The molecule has 1 amide bonds. The van der Waals surface area contributed by atoms with E-state index >= 15 is 0 Å². The van der Waals surface area contributed by atoms with E-state index in [2.05, 4.69) is 4.98 Å². The Balaban J connectivity index is 2.05. The topological polar surface area (TPSA) is 33.2 Å². The summed E-state index contributed by atoms with van der Waals surface area (Å²) in [6, 6.07) is 3.66. The van der Waals surface area contributed by atoms with Crippen LogP contribution in [0, 0.1) is 12.8 Å². The van der Waals surface area contributed by atoms with Crippen LogP contribution in [0.2, 0.25) is 0 Å². The van der Waals surface area contributed by atoms with E-state index in [9.17, 15) is 4.79 Å². The Morgan fingerprint density at radius 2 is 2.47 bits per heavy atom. The van der Waals surface area contributed by atoms with Crippen molar-refractivity contribution in [1.82, 2.24) is 9.88 Å². The fourth-order valence-corrected chi connectivity index (χ4v) is 2.60. The highest BCUT2D eigenvalue weighted by Crippen LogP contribution is 2.22. The molecular formula is C13H17ClN2O. The summed E-state index contributed by atoms with van der Waals surface area (Å²) in [5, 5.41) is 0. The van der Waals surface area contributed by atoms with Crippen molar-refractivity contribution in [3.8, 4) is 0 Å². The zero-order valence-corrected chi connectivity index (χ0v) is 10.8. The molecule has 2 heterocycles. The summed E-state index contributed by atoms with van der Waals surface area (Å²) < 4.78 is 0. The normalized spacial score (nSPS) is 19.6. The highest BCUT2D eigenvalue weighted by atomic mass is 35.5. The van der Waals surface area contributed by atoms with Gasteiger partial charge >= 0.3 is 0 Å². The summed E-state index contributed by atoms with van der Waals surface area (Å²) in [5.74, 6) is 1.35. The van der Waals surface area contributed by atoms with Crippen molar-refractivity contribution < 1.29 is 4.79 Å². The molecule has 1 aliphatic rings. The number of alkyl halides is 1. The minimum absolute atomic E-state index is 0.104. The number of rotatable bonds is 3. The van der Waals surface area contributed by atoms with Crippen molar-refractivity contribution in [2.45, 2.75) is 19.8 Å². The van der Waals surface area contributed by atoms with E-state index in [0.29, 0.717) is 11.8 Å². The van der Waals surface area contributed by atoms with Gasteiger partial charge in [-0.15, -0.1) is 11.6 Å². The number of likely N-dealkylation sites (tertiary alicyclic amines) is 1. The number of pyridine rings is 1. The van der Waals surface area contributed by atoms with Crippen LogP contribution >= 0.6 is 11.6 Å². The van der Waals surface area contributed by atoms with E-state index in [-0.39, 0.29) is 5.91 Å². The largest absolute Gasteiger partial charge is 0.338 e. The average Bonchev–Trinajstić information content (AvgIpc) is 2.78. The fourth-order valence-electron chi connectivity index (χ4n) is 2.29. The maximum absolute atomic E-state index is 12.3. The number of carbonyl (C=O) groups excluding carboxylic acids is 1. The predicted molar refractivity (Wildman–Crippen MR) is 68.3 cm³/mol. The third-order valence-electron chi connectivity index (χ3n) is 3.33. The number of nitrogens with zero attached hydrogens (tertiary/aromatic N) is 2. The van der Waals surface area contributed by atoms with Gasteiger partial charge in [-0.1, -0.05) is 0 Å². The van der Waals surface area contributed by atoms with Crippen molar-refractivity contribution >= 4 is 17.5 Å². The molecule has 0 spiro atoms. The summed E-state index contributed by atoms with van der Waals surface area (Å²) in [4.78, 5) is 18.3. The minimum atomic E-state index is 0.104. The lowest BCUT2D eigenvalue weighted by Gasteiger charge is -2.17. The van der Waals surface area contributed by atoms with E-state index in [1.807, 2.05) is 24.0 Å². The van der Waals surface area contributed by atoms with Gasteiger partial charge in [-0.3, -0.25) is 9.78 Å². The van der Waals surface area contributed by atoms with Crippen molar-refractivity contribution in [3.63, 3.8) is 0 Å². The summed E-state index contributed by atoms with van der Waals surface area (Å²) in [7, 11) is 0. The molecule has 0 aromatic carbocycles. The van der Waals surface area contributed by atoms with E-state index < -0.39 is 0 Å². The molecule has 4 heteroatoms. The monoisotopic (exact) mass is 252 g/mol. The van der Waals surface area contributed by atoms with Crippen molar-refractivity contribution in [2.75, 3.05) is 19.0 Å². The van der Waals surface area contributed by atoms with E-state index in [1.54, 1.807) is 6.20 Å². The molecule has 3 nitrogen and oxygen atoms in total. The molecule has 0 bridgehead atoms. The van der Waals surface area contributed by atoms with Gasteiger partial charge in [-0.2, -0.15) is 0 Å². The predicted octanol–water partition coefficient (Wildman–Crippen LogP) is 2.48. The average molecular weight is 253 g/mol. The van der Waals surface area contributed by atoms with Gasteiger partial charge in [0.1, 0.15) is 0 Å². The molecule has 1 aliphatic heterocycles. The van der Waals surface area contributed by atoms with Gasteiger partial charge in [-0.25, -0.2) is 0 Å². The number of amides is 1. The van der Waals surface area contributed by atoms with Crippen LogP contribution in [0.1, 0.15) is 28.9 Å². The quantitative estimate of drug-likeness (QED) is 0.775. The smallest absolute Gasteiger partial charge is 0.255 e. The van der Waals surface area contributed by atoms with E-state index in [0.717, 1.165) is 37.2 Å². The van der Waals surface area contributed by atoms with E-state index in [4.69, 9.17) is 11.6 Å². The Bertz CT molecular complexity index is 408. The van der Waals surface area contributed by atoms with Crippen LogP contribution in [0.3, 0.4) is 0 Å². The molecule has 1 aromatic heterocycles. The van der Waals surface area contributed by atoms with Crippen molar-refractivity contribution in [3.05, 3.63) is 29.6 Å². The lowest BCUT2D eigenvalue weighted by molar-refractivity contribution is 0.0785. The lowest BCUT2D eigenvalue weighted by Crippen LogP contribution is -2.29. The van der Waals surface area contributed by atoms with Gasteiger partial charge in [0.15, 0.2) is 0 Å². The second-order valence-corrected chi connectivity index (χ2v) is 4.90. The summed E-state index contributed by atoms with van der Waals surface area (Å²) in [6.07, 6.45) is 3.78. The van der Waals surface area contributed by atoms with Crippen LogP contribution in [0.5, 0.6) is 0 Å². The third-order valence-corrected chi connectivity index (χ3v) is 3.55. The molecular weight excluding hydrogens is 236 g/mol. The second-order valence-electron chi connectivity index (χ2n) is 4.52. The van der Waals surface area contributed by atoms with Gasteiger partial charge in [0.05, 0.1) is 5.56 Å². The number of aromatic nitrogens is 1. The minimum Gasteiger partial charge on any atom is -0.338 e. The zero-order chi connectivity index (χ0) is 12.3. The maximum Gasteiger partial charge on any atom is 0.255 e. The Labute approximate surface area is 107 Å². The Hall–Kier alpha value is -1.09. The molecule has 1 saturated heterocycles. The molecule has 0 N–H and O–H groups in total. The first-order valence-corrected chi connectivity index (χ1v) is 6.52. The lowest BCUT2D eigenvalue weighted by atomic mass is 10.1. The second kappa shape index (κ2) is 5.50. The summed E-state index contributed by atoms with van der Waals surface area (Å²) in [5.41, 5.74) is 1.53. The molecule has 1 unspecified atom stereocenters. The Morgan fingerprint density at radius 1 is 1.65 bits per heavy atom. The molecule has 1 fully saturated rings. The third kappa shape index (κ3) is 2.78. The molecule has 17 heavy (non-hydrogen) atoms. The van der Waals surface area contributed by atoms with Crippen LogP contribution in [-0.4, -0.2) is 34.8 Å². The SMILES string of the molecule is Cc1ncccc1C(=O)N1CCC(CCCl)C1. The Kier molecular flexibility index (Phi) is 4.00. The number of halogens is 1. The number of aryl methyl sites for hydroxylation is 1.